The van der Waals surface area contributed by atoms with Crippen LogP contribution in [-0.4, -0.2) is 28.1 Å². The zero-order valence-corrected chi connectivity index (χ0v) is 10.8. The van der Waals surface area contributed by atoms with Gasteiger partial charge in [0.2, 0.25) is 0 Å². The van der Waals surface area contributed by atoms with Crippen LogP contribution in [0.3, 0.4) is 0 Å². The highest BCUT2D eigenvalue weighted by Crippen LogP contribution is 2.25. The molecule has 20 heavy (non-hydrogen) atoms. The highest BCUT2D eigenvalue weighted by Gasteiger charge is 2.27. The molecule has 0 spiro atoms. The maximum absolute atomic E-state index is 13.5. The predicted octanol–water partition coefficient (Wildman–Crippen LogP) is 1.90. The molecule has 0 saturated heterocycles. The van der Waals surface area contributed by atoms with Crippen molar-refractivity contribution in [1.82, 2.24) is 5.32 Å². The second-order valence-electron chi connectivity index (χ2n) is 5.02. The summed E-state index contributed by atoms with van der Waals surface area (Å²) >= 11 is 0. The molecule has 0 radical (unpaired) electrons. The van der Waals surface area contributed by atoms with Gasteiger partial charge in [0.15, 0.2) is 0 Å². The summed E-state index contributed by atoms with van der Waals surface area (Å²) in [7, 11) is 0. The lowest BCUT2D eigenvalue weighted by atomic mass is 9.86. The number of rotatable bonds is 3. The Morgan fingerprint density at radius 1 is 1.20 bits per heavy atom. The van der Waals surface area contributed by atoms with Gasteiger partial charge in [0, 0.05) is 12.1 Å². The van der Waals surface area contributed by atoms with Crippen LogP contribution in [0.4, 0.5) is 4.39 Å². The second-order valence-corrected chi connectivity index (χ2v) is 5.02. The summed E-state index contributed by atoms with van der Waals surface area (Å²) in [6, 6.07) is 3.23. The summed E-state index contributed by atoms with van der Waals surface area (Å²) in [6.45, 7) is 0. The van der Waals surface area contributed by atoms with E-state index in [-0.39, 0.29) is 23.3 Å². The van der Waals surface area contributed by atoms with Gasteiger partial charge < -0.3 is 15.5 Å². The number of carboxylic acid groups (broad SMARTS) is 1. The fourth-order valence-corrected chi connectivity index (χ4v) is 2.44. The first-order valence-corrected chi connectivity index (χ1v) is 6.49. The Morgan fingerprint density at radius 3 is 2.40 bits per heavy atom. The summed E-state index contributed by atoms with van der Waals surface area (Å²) in [5, 5.41) is 20.7. The molecule has 1 aromatic rings. The smallest absolute Gasteiger partial charge is 0.306 e. The Labute approximate surface area is 115 Å². The first kappa shape index (κ1) is 14.3. The second kappa shape index (κ2) is 5.90. The summed E-state index contributed by atoms with van der Waals surface area (Å²) in [5.74, 6) is -2.71. The van der Waals surface area contributed by atoms with Crippen molar-refractivity contribution in [2.24, 2.45) is 5.92 Å². The molecule has 0 atom stereocenters. The van der Waals surface area contributed by atoms with Crippen LogP contribution in [0.25, 0.3) is 0 Å². The van der Waals surface area contributed by atoms with Crippen LogP contribution in [0.2, 0.25) is 0 Å². The largest absolute Gasteiger partial charge is 0.508 e. The van der Waals surface area contributed by atoms with Crippen LogP contribution in [0.5, 0.6) is 5.75 Å². The molecule has 2 rings (SSSR count). The topological polar surface area (TPSA) is 86.6 Å². The van der Waals surface area contributed by atoms with E-state index < -0.39 is 17.7 Å². The van der Waals surface area contributed by atoms with Gasteiger partial charge in [0.1, 0.15) is 11.6 Å². The van der Waals surface area contributed by atoms with E-state index >= 15 is 0 Å². The van der Waals surface area contributed by atoms with Crippen molar-refractivity contribution in [2.45, 2.75) is 31.7 Å². The summed E-state index contributed by atoms with van der Waals surface area (Å²) < 4.78 is 13.5. The molecular weight excluding hydrogens is 265 g/mol. The highest BCUT2D eigenvalue weighted by molar-refractivity contribution is 5.94. The van der Waals surface area contributed by atoms with Gasteiger partial charge in [-0.15, -0.1) is 0 Å². The lowest BCUT2D eigenvalue weighted by Crippen LogP contribution is -2.39. The van der Waals surface area contributed by atoms with Gasteiger partial charge in [0.05, 0.1) is 11.5 Å². The Morgan fingerprint density at radius 2 is 1.85 bits per heavy atom. The molecule has 6 heteroatoms. The average molecular weight is 281 g/mol. The number of carboxylic acids is 1. The normalized spacial score (nSPS) is 22.2. The number of hydrogen-bond donors (Lipinski definition) is 3. The van der Waals surface area contributed by atoms with Gasteiger partial charge in [0.25, 0.3) is 5.91 Å². The number of hydrogen-bond acceptors (Lipinski definition) is 3. The number of aliphatic carboxylic acids is 1. The van der Waals surface area contributed by atoms with Crippen LogP contribution in [0.1, 0.15) is 36.0 Å². The maximum atomic E-state index is 13.5. The lowest BCUT2D eigenvalue weighted by molar-refractivity contribution is -0.142. The number of carbonyl (C=O) groups excluding carboxylic acids is 1. The minimum absolute atomic E-state index is 0.122. The Bertz CT molecular complexity index is 524. The molecule has 1 aliphatic rings. The van der Waals surface area contributed by atoms with Crippen LogP contribution in [-0.2, 0) is 4.79 Å². The van der Waals surface area contributed by atoms with Gasteiger partial charge >= 0.3 is 5.97 Å². The molecular formula is C14H16FNO4. The average Bonchev–Trinajstić information content (AvgIpc) is 2.39. The maximum Gasteiger partial charge on any atom is 0.306 e. The van der Waals surface area contributed by atoms with Crippen LogP contribution >= 0.6 is 0 Å². The summed E-state index contributed by atoms with van der Waals surface area (Å²) in [4.78, 5) is 22.7. The van der Waals surface area contributed by atoms with Gasteiger partial charge in [-0.2, -0.15) is 0 Å². The first-order chi connectivity index (χ1) is 9.47. The van der Waals surface area contributed by atoms with E-state index in [1.54, 1.807) is 0 Å². The zero-order chi connectivity index (χ0) is 14.7. The lowest BCUT2D eigenvalue weighted by Gasteiger charge is -2.26. The van der Waals surface area contributed by atoms with E-state index in [1.165, 1.54) is 12.1 Å². The predicted molar refractivity (Wildman–Crippen MR) is 68.9 cm³/mol. The zero-order valence-electron chi connectivity index (χ0n) is 10.8. The fraction of sp³-hybridized carbons (Fsp3) is 0.429. The van der Waals surface area contributed by atoms with Crippen molar-refractivity contribution in [2.75, 3.05) is 0 Å². The molecule has 1 aromatic carbocycles. The van der Waals surface area contributed by atoms with E-state index in [0.717, 1.165) is 6.07 Å². The molecule has 1 amide bonds. The monoisotopic (exact) mass is 281 g/mol. The quantitative estimate of drug-likeness (QED) is 0.789. The number of aromatic hydroxyl groups is 1. The van der Waals surface area contributed by atoms with Gasteiger partial charge in [-0.05, 0) is 37.8 Å². The Hall–Kier alpha value is -2.11. The molecule has 0 bridgehead atoms. The molecule has 1 fully saturated rings. The van der Waals surface area contributed by atoms with E-state index in [9.17, 15) is 14.0 Å². The van der Waals surface area contributed by atoms with Crippen molar-refractivity contribution in [3.8, 4) is 5.75 Å². The first-order valence-electron chi connectivity index (χ1n) is 6.49. The van der Waals surface area contributed by atoms with Crippen LogP contribution in [0.15, 0.2) is 18.2 Å². The van der Waals surface area contributed by atoms with Crippen molar-refractivity contribution in [1.29, 1.82) is 0 Å². The molecule has 108 valence electrons. The molecule has 1 aliphatic carbocycles. The van der Waals surface area contributed by atoms with Crippen LogP contribution < -0.4 is 5.32 Å². The third-order valence-corrected chi connectivity index (χ3v) is 3.61. The minimum Gasteiger partial charge on any atom is -0.508 e. The third-order valence-electron chi connectivity index (χ3n) is 3.61. The number of phenolic OH excluding ortho intramolecular Hbond substituents is 1. The number of benzene rings is 1. The third kappa shape index (κ3) is 3.26. The van der Waals surface area contributed by atoms with Crippen LogP contribution in [0, 0.1) is 11.7 Å². The highest BCUT2D eigenvalue weighted by atomic mass is 19.1. The SMILES string of the molecule is O=C(NC1CCC(C(=O)O)CC1)c1ccc(O)cc1F. The number of amides is 1. The molecule has 0 unspecified atom stereocenters. The summed E-state index contributed by atoms with van der Waals surface area (Å²) in [6.07, 6.45) is 2.17. The molecule has 1 saturated carbocycles. The number of nitrogens with one attached hydrogen (secondary N) is 1. The van der Waals surface area contributed by atoms with E-state index in [2.05, 4.69) is 5.32 Å². The van der Waals surface area contributed by atoms with Crippen molar-refractivity contribution < 1.29 is 24.2 Å². The Balaban J connectivity index is 1.94. The van der Waals surface area contributed by atoms with Crippen molar-refractivity contribution in [3.05, 3.63) is 29.6 Å². The minimum atomic E-state index is -0.806. The Kier molecular flexibility index (Phi) is 4.22. The molecule has 0 aliphatic heterocycles. The fourth-order valence-electron chi connectivity index (χ4n) is 2.44. The number of carbonyl (C=O) groups is 2. The standard InChI is InChI=1S/C14H16FNO4/c15-12-7-10(17)5-6-11(12)13(18)16-9-3-1-8(2-4-9)14(19)20/h5-9,17H,1-4H2,(H,16,18)(H,19,20). The van der Waals surface area contributed by atoms with Gasteiger partial charge in [-0.25, -0.2) is 4.39 Å². The van der Waals surface area contributed by atoms with Gasteiger partial charge in [-0.1, -0.05) is 0 Å². The summed E-state index contributed by atoms with van der Waals surface area (Å²) in [5.41, 5.74) is -0.122. The van der Waals surface area contributed by atoms with E-state index in [4.69, 9.17) is 10.2 Å². The van der Waals surface area contributed by atoms with E-state index in [1.807, 2.05) is 0 Å². The molecule has 3 N–H and O–H groups in total. The number of phenols is 1. The van der Waals surface area contributed by atoms with Crippen molar-refractivity contribution >= 4 is 11.9 Å². The number of halogens is 1. The molecule has 0 aromatic heterocycles. The van der Waals surface area contributed by atoms with E-state index in [0.29, 0.717) is 25.7 Å². The molecule has 5 nitrogen and oxygen atoms in total. The van der Waals surface area contributed by atoms with Crippen molar-refractivity contribution in [3.63, 3.8) is 0 Å². The van der Waals surface area contributed by atoms with Gasteiger partial charge in [-0.3, -0.25) is 9.59 Å². The molecule has 0 heterocycles.